The molecule has 78 valence electrons. The van der Waals surface area contributed by atoms with Gasteiger partial charge in [-0.2, -0.15) is 0 Å². The molecule has 0 fully saturated rings. The topological polar surface area (TPSA) is 43.8 Å². The monoisotopic (exact) mass is 265 g/mol. The van der Waals surface area contributed by atoms with Gasteiger partial charge < -0.3 is 10.3 Å². The van der Waals surface area contributed by atoms with Gasteiger partial charge in [-0.3, -0.25) is 0 Å². The molecule has 2 N–H and O–H groups in total. The Morgan fingerprint density at radius 1 is 1.47 bits per heavy atom. The molecule has 3 nitrogen and oxygen atoms in total. The highest BCUT2D eigenvalue weighted by molar-refractivity contribution is 9.10. The summed E-state index contributed by atoms with van der Waals surface area (Å²) in [5.74, 6) is 0.952. The Kier molecular flexibility index (Phi) is 2.88. The zero-order valence-corrected chi connectivity index (χ0v) is 10.0. The molecular weight excluding hydrogens is 254 g/mol. The van der Waals surface area contributed by atoms with Gasteiger partial charge in [-0.25, -0.2) is 4.98 Å². The summed E-state index contributed by atoms with van der Waals surface area (Å²) in [6, 6.07) is 8.09. The maximum atomic E-state index is 5.55. The zero-order valence-electron chi connectivity index (χ0n) is 8.44. The van der Waals surface area contributed by atoms with Crippen molar-refractivity contribution in [1.29, 1.82) is 0 Å². The third-order valence-corrected chi connectivity index (χ3v) is 2.72. The van der Waals surface area contributed by atoms with Crippen molar-refractivity contribution in [3.05, 3.63) is 46.5 Å². The number of hydrogen-bond donors (Lipinski definition) is 1. The second-order valence-corrected chi connectivity index (χ2v) is 4.25. The van der Waals surface area contributed by atoms with Crippen molar-refractivity contribution in [1.82, 2.24) is 9.55 Å². The van der Waals surface area contributed by atoms with E-state index in [0.29, 0.717) is 6.54 Å². The average molecular weight is 266 g/mol. The third-order valence-electron chi connectivity index (χ3n) is 2.23. The van der Waals surface area contributed by atoms with Crippen LogP contribution in [0.2, 0.25) is 0 Å². The van der Waals surface area contributed by atoms with Gasteiger partial charge in [-0.05, 0) is 25.1 Å². The number of aryl methyl sites for hydroxylation is 1. The molecule has 0 bridgehead atoms. The summed E-state index contributed by atoms with van der Waals surface area (Å²) in [4.78, 5) is 4.36. The highest BCUT2D eigenvalue weighted by Gasteiger charge is 2.04. The summed E-state index contributed by atoms with van der Waals surface area (Å²) in [5.41, 5.74) is 7.56. The van der Waals surface area contributed by atoms with Crippen LogP contribution < -0.4 is 5.73 Å². The van der Waals surface area contributed by atoms with Gasteiger partial charge in [0.25, 0.3) is 0 Å². The number of imidazole rings is 1. The molecule has 2 rings (SSSR count). The Morgan fingerprint density at radius 2 is 2.27 bits per heavy atom. The fourth-order valence-electron chi connectivity index (χ4n) is 1.52. The fourth-order valence-corrected chi connectivity index (χ4v) is 1.91. The first kappa shape index (κ1) is 10.4. The second kappa shape index (κ2) is 4.16. The molecule has 0 unspecified atom stereocenters. The van der Waals surface area contributed by atoms with Crippen LogP contribution in [0.4, 0.5) is 0 Å². The molecule has 0 aliphatic heterocycles. The Morgan fingerprint density at radius 3 is 2.87 bits per heavy atom. The molecule has 1 aromatic heterocycles. The van der Waals surface area contributed by atoms with Gasteiger partial charge in [0.05, 0.1) is 5.69 Å². The van der Waals surface area contributed by atoms with E-state index in [9.17, 15) is 0 Å². The smallest absolute Gasteiger partial charge is 0.110 e. The van der Waals surface area contributed by atoms with Gasteiger partial charge in [0, 0.05) is 22.9 Å². The summed E-state index contributed by atoms with van der Waals surface area (Å²) in [6.45, 7) is 2.45. The lowest BCUT2D eigenvalue weighted by Gasteiger charge is -2.04. The molecule has 0 saturated heterocycles. The predicted molar refractivity (Wildman–Crippen MR) is 63.9 cm³/mol. The van der Waals surface area contributed by atoms with Crippen LogP contribution in [0, 0.1) is 6.92 Å². The number of nitrogens with zero attached hydrogens (tertiary/aromatic N) is 2. The largest absolute Gasteiger partial charge is 0.325 e. The summed E-state index contributed by atoms with van der Waals surface area (Å²) < 4.78 is 3.09. The van der Waals surface area contributed by atoms with E-state index in [1.165, 1.54) is 0 Å². The minimum Gasteiger partial charge on any atom is -0.325 e. The van der Waals surface area contributed by atoms with Gasteiger partial charge in [0.2, 0.25) is 0 Å². The van der Waals surface area contributed by atoms with Crippen molar-refractivity contribution < 1.29 is 0 Å². The van der Waals surface area contributed by atoms with E-state index in [-0.39, 0.29) is 0 Å². The molecule has 1 heterocycles. The van der Waals surface area contributed by atoms with Gasteiger partial charge >= 0.3 is 0 Å². The van der Waals surface area contributed by atoms with Gasteiger partial charge in [-0.15, -0.1) is 0 Å². The van der Waals surface area contributed by atoms with Gasteiger partial charge in [-0.1, -0.05) is 22.0 Å². The number of rotatable bonds is 2. The van der Waals surface area contributed by atoms with E-state index in [1.807, 2.05) is 35.9 Å². The molecule has 0 aliphatic rings. The van der Waals surface area contributed by atoms with Crippen LogP contribution in [0.1, 0.15) is 11.5 Å². The Hall–Kier alpha value is -1.13. The van der Waals surface area contributed by atoms with Crippen LogP contribution in [0.15, 0.2) is 34.9 Å². The molecule has 0 saturated carbocycles. The highest BCUT2D eigenvalue weighted by Crippen LogP contribution is 2.17. The standard InChI is InChI=1S/C11H12BrN3/c1-8-14-10(6-13)7-15(8)11-4-2-3-9(12)5-11/h2-5,7H,6,13H2,1H3. The first-order valence-electron chi connectivity index (χ1n) is 4.71. The van der Waals surface area contributed by atoms with Crippen LogP contribution in [0.25, 0.3) is 5.69 Å². The average Bonchev–Trinajstić information content (AvgIpc) is 2.60. The summed E-state index contributed by atoms with van der Waals surface area (Å²) in [5, 5.41) is 0. The molecule has 0 radical (unpaired) electrons. The van der Waals surface area contributed by atoms with Crippen molar-refractivity contribution in [3.8, 4) is 5.69 Å². The molecule has 0 amide bonds. The minimum atomic E-state index is 0.474. The molecule has 4 heteroatoms. The molecule has 1 aromatic carbocycles. The summed E-state index contributed by atoms with van der Waals surface area (Å²) >= 11 is 3.45. The molecule has 0 atom stereocenters. The van der Waals surface area contributed by atoms with E-state index < -0.39 is 0 Å². The summed E-state index contributed by atoms with van der Waals surface area (Å²) in [6.07, 6.45) is 1.97. The molecule has 2 aromatic rings. The summed E-state index contributed by atoms with van der Waals surface area (Å²) in [7, 11) is 0. The van der Waals surface area contributed by atoms with Crippen LogP contribution >= 0.6 is 15.9 Å². The third kappa shape index (κ3) is 2.11. The number of aromatic nitrogens is 2. The number of benzene rings is 1. The molecule has 15 heavy (non-hydrogen) atoms. The van der Waals surface area contributed by atoms with Crippen LogP contribution in [0.3, 0.4) is 0 Å². The van der Waals surface area contributed by atoms with Crippen molar-refractivity contribution in [3.63, 3.8) is 0 Å². The van der Waals surface area contributed by atoms with E-state index in [4.69, 9.17) is 5.73 Å². The van der Waals surface area contributed by atoms with E-state index in [1.54, 1.807) is 0 Å². The predicted octanol–water partition coefficient (Wildman–Crippen LogP) is 2.40. The SMILES string of the molecule is Cc1nc(CN)cn1-c1cccc(Br)c1. The lowest BCUT2D eigenvalue weighted by molar-refractivity contribution is 0.968. The fraction of sp³-hybridized carbons (Fsp3) is 0.182. The Labute approximate surface area is 97.1 Å². The van der Waals surface area contributed by atoms with Crippen LogP contribution in [0.5, 0.6) is 0 Å². The second-order valence-electron chi connectivity index (χ2n) is 3.33. The maximum absolute atomic E-state index is 5.55. The lowest BCUT2D eigenvalue weighted by atomic mass is 10.3. The van der Waals surface area contributed by atoms with E-state index in [0.717, 1.165) is 21.7 Å². The lowest BCUT2D eigenvalue weighted by Crippen LogP contribution is -1.95. The number of hydrogen-bond acceptors (Lipinski definition) is 2. The van der Waals surface area contributed by atoms with Crippen molar-refractivity contribution in [2.75, 3.05) is 0 Å². The van der Waals surface area contributed by atoms with E-state index >= 15 is 0 Å². The highest BCUT2D eigenvalue weighted by atomic mass is 79.9. The first-order chi connectivity index (χ1) is 7.20. The Balaban J connectivity index is 2.48. The zero-order chi connectivity index (χ0) is 10.8. The minimum absolute atomic E-state index is 0.474. The number of halogens is 1. The van der Waals surface area contributed by atoms with Crippen LogP contribution in [-0.4, -0.2) is 9.55 Å². The van der Waals surface area contributed by atoms with Crippen molar-refractivity contribution >= 4 is 15.9 Å². The maximum Gasteiger partial charge on any atom is 0.110 e. The van der Waals surface area contributed by atoms with E-state index in [2.05, 4.69) is 27.0 Å². The quantitative estimate of drug-likeness (QED) is 0.907. The molecule has 0 aliphatic carbocycles. The normalized spacial score (nSPS) is 10.6. The first-order valence-corrected chi connectivity index (χ1v) is 5.51. The van der Waals surface area contributed by atoms with Crippen molar-refractivity contribution in [2.45, 2.75) is 13.5 Å². The number of nitrogens with two attached hydrogens (primary N) is 1. The van der Waals surface area contributed by atoms with Crippen LogP contribution in [-0.2, 0) is 6.54 Å². The van der Waals surface area contributed by atoms with Gasteiger partial charge in [0.15, 0.2) is 0 Å². The molecule has 0 spiro atoms. The molecular formula is C11H12BrN3. The Bertz CT molecular complexity index is 476. The van der Waals surface area contributed by atoms with Gasteiger partial charge in [0.1, 0.15) is 5.82 Å². The van der Waals surface area contributed by atoms with Crippen molar-refractivity contribution in [2.24, 2.45) is 5.73 Å².